The Bertz CT molecular complexity index is 752. The van der Waals surface area contributed by atoms with Crippen LogP contribution in [-0.4, -0.2) is 46.4 Å². The molecule has 132 valence electrons. The Morgan fingerprint density at radius 2 is 2.08 bits per heavy atom. The van der Waals surface area contributed by atoms with Crippen molar-refractivity contribution in [1.29, 1.82) is 0 Å². The number of nitrogens with zero attached hydrogens (tertiary/aromatic N) is 3. The van der Waals surface area contributed by atoms with Gasteiger partial charge >= 0.3 is 5.97 Å². The maximum absolute atomic E-state index is 12.8. The molecule has 0 N–H and O–H groups in total. The Labute approximate surface area is 150 Å². The van der Waals surface area contributed by atoms with Crippen molar-refractivity contribution in [2.75, 3.05) is 19.7 Å². The molecule has 6 nitrogen and oxygen atoms in total. The smallest absolute Gasteiger partial charge is 0.309 e. The number of rotatable bonds is 4. The topological polar surface area (TPSA) is 72.4 Å². The molecule has 1 amide bonds. The molecular weight excluding hydrogens is 338 g/mol. The molecule has 0 saturated carbocycles. The highest BCUT2D eigenvalue weighted by molar-refractivity contribution is 7.17. The van der Waals surface area contributed by atoms with Crippen LogP contribution in [0.4, 0.5) is 0 Å². The molecule has 0 aromatic carbocycles. The first kappa shape index (κ1) is 17.5. The number of aromatic nitrogens is 2. The van der Waals surface area contributed by atoms with Crippen molar-refractivity contribution in [2.45, 2.75) is 26.7 Å². The van der Waals surface area contributed by atoms with E-state index < -0.39 is 0 Å². The van der Waals surface area contributed by atoms with Crippen LogP contribution in [-0.2, 0) is 9.53 Å². The van der Waals surface area contributed by atoms with E-state index in [4.69, 9.17) is 4.74 Å². The first-order valence-electron chi connectivity index (χ1n) is 8.45. The highest BCUT2D eigenvalue weighted by Gasteiger charge is 2.30. The number of esters is 1. The molecule has 1 saturated heterocycles. The Hall–Kier alpha value is -2.28. The van der Waals surface area contributed by atoms with Crippen LogP contribution in [0.25, 0.3) is 10.7 Å². The Morgan fingerprint density at radius 3 is 2.72 bits per heavy atom. The van der Waals surface area contributed by atoms with E-state index >= 15 is 0 Å². The molecule has 25 heavy (non-hydrogen) atoms. The molecule has 1 aliphatic rings. The second-order valence-corrected chi connectivity index (χ2v) is 6.97. The molecule has 2 aromatic heterocycles. The molecular formula is C18H21N3O3S. The van der Waals surface area contributed by atoms with Crippen molar-refractivity contribution in [2.24, 2.45) is 5.92 Å². The molecule has 3 rings (SSSR count). The summed E-state index contributed by atoms with van der Waals surface area (Å²) >= 11 is 1.37. The van der Waals surface area contributed by atoms with E-state index in [0.717, 1.165) is 16.4 Å². The normalized spacial score (nSPS) is 15.2. The van der Waals surface area contributed by atoms with Crippen molar-refractivity contribution in [3.05, 3.63) is 35.0 Å². The number of amides is 1. The molecule has 0 radical (unpaired) electrons. The van der Waals surface area contributed by atoms with Crippen LogP contribution in [0.5, 0.6) is 0 Å². The van der Waals surface area contributed by atoms with Crippen LogP contribution < -0.4 is 0 Å². The SMILES string of the molecule is CCOC(=O)C1CCN(C(=O)c2sc(-c3ccccn3)nc2C)CC1. The Balaban J connectivity index is 1.68. The van der Waals surface area contributed by atoms with Crippen molar-refractivity contribution in [3.8, 4) is 10.7 Å². The van der Waals surface area contributed by atoms with Crippen LogP contribution in [0.15, 0.2) is 24.4 Å². The summed E-state index contributed by atoms with van der Waals surface area (Å²) in [6.07, 6.45) is 3.01. The highest BCUT2D eigenvalue weighted by Crippen LogP contribution is 2.29. The van der Waals surface area contributed by atoms with Crippen LogP contribution in [0.2, 0.25) is 0 Å². The lowest BCUT2D eigenvalue weighted by molar-refractivity contribution is -0.149. The van der Waals surface area contributed by atoms with Crippen LogP contribution >= 0.6 is 11.3 Å². The van der Waals surface area contributed by atoms with Gasteiger partial charge in [0.25, 0.3) is 5.91 Å². The number of hydrogen-bond donors (Lipinski definition) is 0. The molecule has 1 fully saturated rings. The first-order chi connectivity index (χ1) is 12.1. The molecule has 0 atom stereocenters. The minimum Gasteiger partial charge on any atom is -0.466 e. The van der Waals surface area contributed by atoms with E-state index in [0.29, 0.717) is 37.4 Å². The third-order valence-corrected chi connectivity index (χ3v) is 5.44. The average molecular weight is 359 g/mol. The van der Waals surface area contributed by atoms with E-state index in [1.165, 1.54) is 11.3 Å². The van der Waals surface area contributed by atoms with Gasteiger partial charge in [0.1, 0.15) is 9.88 Å². The lowest BCUT2D eigenvalue weighted by Crippen LogP contribution is -2.40. The maximum atomic E-state index is 12.8. The largest absolute Gasteiger partial charge is 0.466 e. The van der Waals surface area contributed by atoms with E-state index in [-0.39, 0.29) is 17.8 Å². The summed E-state index contributed by atoms with van der Waals surface area (Å²) in [5.41, 5.74) is 1.50. The van der Waals surface area contributed by atoms with Gasteiger partial charge in [0, 0.05) is 19.3 Å². The molecule has 0 aliphatic carbocycles. The van der Waals surface area contributed by atoms with Crippen molar-refractivity contribution in [1.82, 2.24) is 14.9 Å². The fraction of sp³-hybridized carbons (Fsp3) is 0.444. The monoisotopic (exact) mass is 359 g/mol. The second-order valence-electron chi connectivity index (χ2n) is 5.97. The second kappa shape index (κ2) is 7.74. The number of carbonyl (C=O) groups excluding carboxylic acids is 2. The number of thiazole rings is 1. The molecule has 0 bridgehead atoms. The lowest BCUT2D eigenvalue weighted by Gasteiger charge is -2.30. The van der Waals surface area contributed by atoms with E-state index in [2.05, 4.69) is 9.97 Å². The predicted molar refractivity (Wildman–Crippen MR) is 95.3 cm³/mol. The summed E-state index contributed by atoms with van der Waals surface area (Å²) in [5, 5.41) is 0.753. The molecule has 7 heteroatoms. The minimum absolute atomic E-state index is 0.0144. The van der Waals surface area contributed by atoms with E-state index in [1.54, 1.807) is 11.1 Å². The highest BCUT2D eigenvalue weighted by atomic mass is 32.1. The van der Waals surface area contributed by atoms with Crippen molar-refractivity contribution >= 4 is 23.2 Å². The van der Waals surface area contributed by atoms with Crippen LogP contribution in [0, 0.1) is 12.8 Å². The summed E-state index contributed by atoms with van der Waals surface area (Å²) in [7, 11) is 0. The standard InChI is InChI=1S/C18H21N3O3S/c1-3-24-18(23)13-7-10-21(11-8-13)17(22)15-12(2)20-16(25-15)14-6-4-5-9-19-14/h4-6,9,13H,3,7-8,10-11H2,1-2H3. The Morgan fingerprint density at radius 1 is 1.32 bits per heavy atom. The molecule has 0 spiro atoms. The van der Waals surface area contributed by atoms with Crippen LogP contribution in [0.1, 0.15) is 35.1 Å². The maximum Gasteiger partial charge on any atom is 0.309 e. The number of carbonyl (C=O) groups is 2. The van der Waals surface area contributed by atoms with Gasteiger partial charge in [-0.25, -0.2) is 4.98 Å². The van der Waals surface area contributed by atoms with Gasteiger partial charge in [0.15, 0.2) is 0 Å². The summed E-state index contributed by atoms with van der Waals surface area (Å²) in [6, 6.07) is 5.64. The van der Waals surface area contributed by atoms with Gasteiger partial charge < -0.3 is 9.64 Å². The Kier molecular flexibility index (Phi) is 5.43. The minimum atomic E-state index is -0.152. The average Bonchev–Trinajstić information content (AvgIpc) is 3.04. The van der Waals surface area contributed by atoms with Gasteiger partial charge in [-0.2, -0.15) is 0 Å². The number of pyridine rings is 1. The number of likely N-dealkylation sites (tertiary alicyclic amines) is 1. The first-order valence-corrected chi connectivity index (χ1v) is 9.26. The predicted octanol–water partition coefficient (Wildman–Crippen LogP) is 2.93. The van der Waals surface area contributed by atoms with Crippen molar-refractivity contribution < 1.29 is 14.3 Å². The van der Waals surface area contributed by atoms with Gasteiger partial charge in [0.2, 0.25) is 0 Å². The number of piperidine rings is 1. The van der Waals surface area contributed by atoms with Gasteiger partial charge in [-0.15, -0.1) is 11.3 Å². The summed E-state index contributed by atoms with van der Waals surface area (Å²) in [4.78, 5) is 35.9. The number of hydrogen-bond acceptors (Lipinski definition) is 6. The summed E-state index contributed by atoms with van der Waals surface area (Å²) < 4.78 is 5.08. The zero-order valence-corrected chi connectivity index (χ0v) is 15.2. The number of ether oxygens (including phenoxy) is 1. The molecule has 2 aromatic rings. The molecule has 0 unspecified atom stereocenters. The van der Waals surface area contributed by atoms with Gasteiger partial charge in [0.05, 0.1) is 23.9 Å². The summed E-state index contributed by atoms with van der Waals surface area (Å²) in [5.74, 6) is -0.267. The van der Waals surface area contributed by atoms with E-state index in [1.807, 2.05) is 32.0 Å². The van der Waals surface area contributed by atoms with E-state index in [9.17, 15) is 9.59 Å². The van der Waals surface area contributed by atoms with Crippen LogP contribution in [0.3, 0.4) is 0 Å². The summed E-state index contributed by atoms with van der Waals surface area (Å²) in [6.45, 7) is 5.19. The van der Waals surface area contributed by atoms with Gasteiger partial charge in [-0.05, 0) is 38.8 Å². The van der Waals surface area contributed by atoms with Crippen molar-refractivity contribution in [3.63, 3.8) is 0 Å². The number of aryl methyl sites for hydroxylation is 1. The fourth-order valence-electron chi connectivity index (χ4n) is 2.92. The van der Waals surface area contributed by atoms with Gasteiger partial charge in [-0.1, -0.05) is 6.07 Å². The molecule has 1 aliphatic heterocycles. The zero-order chi connectivity index (χ0) is 17.8. The molecule has 3 heterocycles. The zero-order valence-electron chi connectivity index (χ0n) is 14.4. The third kappa shape index (κ3) is 3.87. The quantitative estimate of drug-likeness (QED) is 0.785. The fourth-order valence-corrected chi connectivity index (χ4v) is 3.93. The lowest BCUT2D eigenvalue weighted by atomic mass is 9.97. The van der Waals surface area contributed by atoms with Gasteiger partial charge in [-0.3, -0.25) is 14.6 Å². The third-order valence-electron chi connectivity index (χ3n) is 4.28.